The first-order chi connectivity index (χ1) is 10.6. The van der Waals surface area contributed by atoms with E-state index in [-0.39, 0.29) is 0 Å². The molecule has 3 N–H and O–H groups in total. The van der Waals surface area contributed by atoms with Gasteiger partial charge in [-0.2, -0.15) is 0 Å². The molecular weight excluding hydrogens is 310 g/mol. The van der Waals surface area contributed by atoms with E-state index in [2.05, 4.69) is 12.7 Å². The highest BCUT2D eigenvalue weighted by Crippen LogP contribution is 2.39. The molecule has 0 fully saturated rings. The van der Waals surface area contributed by atoms with Gasteiger partial charge in [-0.25, -0.2) is 8.42 Å². The predicted octanol–water partition coefficient (Wildman–Crippen LogP) is 4.22. The van der Waals surface area contributed by atoms with Gasteiger partial charge in [0.05, 0.1) is 0 Å². The summed E-state index contributed by atoms with van der Waals surface area (Å²) in [6.07, 6.45) is 13.9. The zero-order valence-electron chi connectivity index (χ0n) is 15.8. The molecule has 2 atom stereocenters. The summed E-state index contributed by atoms with van der Waals surface area (Å²) in [6, 6.07) is 0. The number of hydrogen-bond acceptors (Lipinski definition) is 3. The molecule has 0 rings (SSSR count). The van der Waals surface area contributed by atoms with Gasteiger partial charge >= 0.3 is 0 Å². The third-order valence-corrected chi connectivity index (χ3v) is 7.29. The van der Waals surface area contributed by atoms with Gasteiger partial charge in [0.1, 0.15) is 0 Å². The molecule has 140 valence electrons. The van der Waals surface area contributed by atoms with E-state index in [1.165, 1.54) is 58.3 Å². The zero-order chi connectivity index (χ0) is 18.0. The smallest absolute Gasteiger partial charge is 0.186 e. The van der Waals surface area contributed by atoms with Crippen molar-refractivity contribution < 1.29 is 18.7 Å². The number of rotatable bonds is 14. The second kappa shape index (κ2) is 10.7. The lowest BCUT2D eigenvalue weighted by molar-refractivity contribution is -0.466. The minimum atomic E-state index is -4.40. The Morgan fingerprint density at radius 2 is 1.22 bits per heavy atom. The number of unbranched alkanes of at least 4 members (excludes halogenated alkanes) is 9. The van der Waals surface area contributed by atoms with E-state index in [9.17, 15) is 13.0 Å². The topological polar surface area (TPSA) is 84.8 Å². The normalized spacial score (nSPS) is 17.7. The van der Waals surface area contributed by atoms with Gasteiger partial charge in [0.25, 0.3) is 0 Å². The Labute approximate surface area is 144 Å². The fourth-order valence-corrected chi connectivity index (χ4v) is 3.97. The van der Waals surface area contributed by atoms with E-state index >= 15 is 0 Å². The van der Waals surface area contributed by atoms with E-state index in [0.29, 0.717) is 6.42 Å². The Bertz CT molecular complexity index is 406. The van der Waals surface area contributed by atoms with Crippen LogP contribution in [0.4, 0.5) is 0 Å². The summed E-state index contributed by atoms with van der Waals surface area (Å²) in [5, 5.41) is 0. The first kappa shape index (κ1) is 22.9. The van der Waals surface area contributed by atoms with Gasteiger partial charge in [0, 0.05) is 12.3 Å². The summed E-state index contributed by atoms with van der Waals surface area (Å²) in [6.45, 7) is 7.56. The molecule has 0 saturated carbocycles. The largest absolute Gasteiger partial charge is 0.743 e. The third-order valence-electron chi connectivity index (χ3n) is 5.69. The summed E-state index contributed by atoms with van der Waals surface area (Å²) in [5.41, 5.74) is 3.20. The lowest BCUT2D eigenvalue weighted by atomic mass is 9.76. The molecule has 4 nitrogen and oxygen atoms in total. The number of hydrogen-bond donors (Lipinski definition) is 1. The maximum atomic E-state index is 11.5. The summed E-state index contributed by atoms with van der Waals surface area (Å²) < 4.78 is 34.6. The molecule has 0 aromatic rings. The van der Waals surface area contributed by atoms with Crippen molar-refractivity contribution in [2.75, 3.05) is 0 Å². The van der Waals surface area contributed by atoms with Crippen LogP contribution >= 0.6 is 0 Å². The summed E-state index contributed by atoms with van der Waals surface area (Å²) in [4.78, 5) is -1.45. The van der Waals surface area contributed by atoms with Gasteiger partial charge in [0.2, 0.25) is 0 Å². The third kappa shape index (κ3) is 7.53. The molecule has 0 radical (unpaired) electrons. The van der Waals surface area contributed by atoms with Gasteiger partial charge < -0.3 is 10.3 Å². The summed E-state index contributed by atoms with van der Waals surface area (Å²) in [5.74, 6) is 0. The molecule has 0 spiro atoms. The van der Waals surface area contributed by atoms with Crippen LogP contribution in [0.2, 0.25) is 0 Å². The van der Waals surface area contributed by atoms with E-state index in [0.717, 1.165) is 19.3 Å². The molecule has 0 heterocycles. The van der Waals surface area contributed by atoms with Crippen molar-refractivity contribution in [3.63, 3.8) is 0 Å². The first-order valence-electron chi connectivity index (χ1n) is 9.43. The van der Waals surface area contributed by atoms with Crippen molar-refractivity contribution in [3.8, 4) is 0 Å². The SMILES string of the molecule is CCCCCCCCCCCCC(C)(CC)C(C)([NH3+])S(=O)(=O)[O-]. The van der Waals surface area contributed by atoms with E-state index in [1.54, 1.807) is 0 Å². The molecule has 0 bridgehead atoms. The van der Waals surface area contributed by atoms with Crippen molar-refractivity contribution in [2.24, 2.45) is 5.41 Å². The minimum Gasteiger partial charge on any atom is -0.743 e. The van der Waals surface area contributed by atoms with E-state index < -0.39 is 20.4 Å². The van der Waals surface area contributed by atoms with Gasteiger partial charge in [-0.15, -0.1) is 0 Å². The fraction of sp³-hybridized carbons (Fsp3) is 1.00. The van der Waals surface area contributed by atoms with Crippen molar-refractivity contribution in [1.29, 1.82) is 0 Å². The van der Waals surface area contributed by atoms with Crippen molar-refractivity contribution >= 4 is 10.1 Å². The lowest BCUT2D eigenvalue weighted by Crippen LogP contribution is -2.80. The fourth-order valence-electron chi connectivity index (χ4n) is 3.12. The molecule has 0 amide bonds. The van der Waals surface area contributed by atoms with Gasteiger partial charge in [-0.3, -0.25) is 0 Å². The van der Waals surface area contributed by atoms with Crippen LogP contribution in [0.25, 0.3) is 0 Å². The molecule has 0 aliphatic heterocycles. The Balaban J connectivity index is 4.01. The number of quaternary nitrogens is 1. The van der Waals surface area contributed by atoms with Crippen molar-refractivity contribution in [3.05, 3.63) is 0 Å². The van der Waals surface area contributed by atoms with Gasteiger partial charge in [-0.05, 0) is 12.8 Å². The van der Waals surface area contributed by atoms with E-state index in [4.69, 9.17) is 0 Å². The van der Waals surface area contributed by atoms with Crippen LogP contribution in [0.3, 0.4) is 0 Å². The molecule has 23 heavy (non-hydrogen) atoms. The highest BCUT2D eigenvalue weighted by Gasteiger charge is 2.48. The minimum absolute atomic E-state index is 0.548. The Hall–Kier alpha value is -0.130. The van der Waals surface area contributed by atoms with Crippen LogP contribution < -0.4 is 5.73 Å². The first-order valence-corrected chi connectivity index (χ1v) is 10.8. The Morgan fingerprint density at radius 1 is 0.826 bits per heavy atom. The van der Waals surface area contributed by atoms with Crippen LogP contribution in [0.1, 0.15) is 105 Å². The molecule has 0 aromatic heterocycles. The van der Waals surface area contributed by atoms with Crippen LogP contribution in [-0.4, -0.2) is 17.8 Å². The van der Waals surface area contributed by atoms with E-state index in [1.807, 2.05) is 13.8 Å². The molecule has 0 aromatic carbocycles. The molecular formula is C18H39NO3S. The summed E-state index contributed by atoms with van der Waals surface area (Å²) >= 11 is 0. The monoisotopic (exact) mass is 349 g/mol. The average Bonchev–Trinajstić information content (AvgIpc) is 2.47. The summed E-state index contributed by atoms with van der Waals surface area (Å²) in [7, 11) is -4.40. The maximum Gasteiger partial charge on any atom is 0.186 e. The highest BCUT2D eigenvalue weighted by molar-refractivity contribution is 7.86. The van der Waals surface area contributed by atoms with Gasteiger partial charge in [-0.1, -0.05) is 85.0 Å². The molecule has 0 aliphatic rings. The van der Waals surface area contributed by atoms with Gasteiger partial charge in [0.15, 0.2) is 15.0 Å². The zero-order valence-corrected chi connectivity index (χ0v) is 16.6. The van der Waals surface area contributed by atoms with Crippen molar-refractivity contribution in [1.82, 2.24) is 0 Å². The Morgan fingerprint density at radius 3 is 1.57 bits per heavy atom. The van der Waals surface area contributed by atoms with Crippen LogP contribution in [-0.2, 0) is 10.1 Å². The lowest BCUT2D eigenvalue weighted by Gasteiger charge is -2.41. The van der Waals surface area contributed by atoms with Crippen LogP contribution in [0.15, 0.2) is 0 Å². The molecule has 2 unspecified atom stereocenters. The second-order valence-corrected chi connectivity index (χ2v) is 9.34. The Kier molecular flexibility index (Phi) is 10.6. The average molecular weight is 350 g/mol. The predicted molar refractivity (Wildman–Crippen MR) is 95.8 cm³/mol. The highest BCUT2D eigenvalue weighted by atomic mass is 32.2. The standard InChI is InChI=1S/C18H39NO3S/c1-5-7-8-9-10-11-12-13-14-15-16-17(3,6-2)18(4,19)23(20,21)22/h5-16,19H2,1-4H3,(H,20,21,22). The maximum absolute atomic E-state index is 11.5. The molecule has 5 heteroatoms. The van der Waals surface area contributed by atoms with Crippen LogP contribution in [0, 0.1) is 5.41 Å². The van der Waals surface area contributed by atoms with Crippen LogP contribution in [0.5, 0.6) is 0 Å². The van der Waals surface area contributed by atoms with Crippen molar-refractivity contribution in [2.45, 2.75) is 110 Å². The quantitative estimate of drug-likeness (QED) is 0.376. The molecule has 0 aliphatic carbocycles. The molecule has 0 saturated heterocycles. The second-order valence-electron chi connectivity index (χ2n) is 7.53.